The van der Waals surface area contributed by atoms with Gasteiger partial charge in [0.1, 0.15) is 5.82 Å². The third-order valence-corrected chi connectivity index (χ3v) is 11.3. The molecule has 6 heteroatoms. The number of benzene rings is 8. The number of hydrogen-bond acceptors (Lipinski definition) is 4. The molecule has 2 aromatic heterocycles. The summed E-state index contributed by atoms with van der Waals surface area (Å²) in [5.41, 5.74) is 9.17. The van der Waals surface area contributed by atoms with Crippen LogP contribution in [0.15, 0.2) is 200 Å². The van der Waals surface area contributed by atoms with Crippen LogP contribution in [0.4, 0.5) is 22.7 Å². The average molecular weight is 1020 g/mol. The smallest absolute Gasteiger partial charge is 0.135 e. The van der Waals surface area contributed by atoms with Crippen LogP contribution >= 0.6 is 0 Å². The fourth-order valence-corrected chi connectivity index (χ4v) is 8.28. The van der Waals surface area contributed by atoms with Gasteiger partial charge in [-0.25, -0.2) is 4.98 Å². The van der Waals surface area contributed by atoms with Gasteiger partial charge < -0.3 is 19.1 Å². The van der Waals surface area contributed by atoms with E-state index in [9.17, 15) is 1.37 Å². The average Bonchev–Trinajstić information content (AvgIpc) is 3.92. The van der Waals surface area contributed by atoms with E-state index in [1.807, 2.05) is 69.3 Å². The maximum Gasteiger partial charge on any atom is 0.135 e. The molecule has 0 radical (unpaired) electrons. The van der Waals surface area contributed by atoms with E-state index in [-0.39, 0.29) is 62.8 Å². The molecule has 0 amide bonds. The zero-order chi connectivity index (χ0) is 49.5. The summed E-state index contributed by atoms with van der Waals surface area (Å²) < 4.78 is 77.7. The number of fused-ring (bicyclic) bond motifs is 4. The Hall–Kier alpha value is -7.20. The Morgan fingerprint density at radius 1 is 0.594 bits per heavy atom. The number of pyridine rings is 1. The number of anilines is 4. The van der Waals surface area contributed by atoms with E-state index in [4.69, 9.17) is 14.3 Å². The summed E-state index contributed by atoms with van der Waals surface area (Å²) in [4.78, 5) is 8.87. The Balaban J connectivity index is 0.00000596. The van der Waals surface area contributed by atoms with Gasteiger partial charge in [0.2, 0.25) is 0 Å². The topological polar surface area (TPSA) is 33.5 Å². The third kappa shape index (κ3) is 7.46. The van der Waals surface area contributed by atoms with Gasteiger partial charge in [0.15, 0.2) is 0 Å². The molecule has 1 aliphatic rings. The summed E-state index contributed by atoms with van der Waals surface area (Å²) >= 11 is 0. The minimum atomic E-state index is -0.673. The molecule has 8 aromatic carbocycles. The first-order chi connectivity index (χ1) is 34.2. The SMILES string of the molecule is [2H]c1nc(-n2c3[c-]c(Oc4[c-]c(N5[CH-]N(c6c(-c7ccccc7)cccc6-c6ccccc6)c6ccccc65)ccc4)ccc3c3cc(-c4c([2H])c([2H])c([2H])c([2H])c4[2H])ccc32)c([2H])c(C(C)(C)C)c1[2H].[Pt]. The molecular formula is C58H43N4OPt-3. The number of rotatable bonds is 8. The van der Waals surface area contributed by atoms with Crippen molar-refractivity contribution in [3.05, 3.63) is 224 Å². The molecule has 1 aliphatic heterocycles. The first kappa shape index (κ1) is 32.5. The molecule has 314 valence electrons. The fourth-order valence-electron chi connectivity index (χ4n) is 8.28. The summed E-state index contributed by atoms with van der Waals surface area (Å²) in [5.74, 6) is 0.846. The Bertz CT molecular complexity index is 3680. The van der Waals surface area contributed by atoms with Crippen LogP contribution in [0.1, 0.15) is 37.3 Å². The van der Waals surface area contributed by atoms with Crippen LogP contribution in [0.3, 0.4) is 0 Å². The molecule has 5 nitrogen and oxygen atoms in total. The van der Waals surface area contributed by atoms with Crippen LogP contribution in [0, 0.1) is 18.8 Å². The number of para-hydroxylation sites is 3. The quantitative estimate of drug-likeness (QED) is 0.142. The Kier molecular flexibility index (Phi) is 8.54. The van der Waals surface area contributed by atoms with Crippen molar-refractivity contribution in [3.63, 3.8) is 0 Å². The first-order valence-electron chi connectivity index (χ1n) is 24.7. The van der Waals surface area contributed by atoms with Gasteiger partial charge in [0, 0.05) is 72.4 Å². The van der Waals surface area contributed by atoms with Crippen molar-refractivity contribution >= 4 is 44.6 Å². The second-order valence-corrected chi connectivity index (χ2v) is 16.4. The standard InChI is InChI=1S/C58H43N4O.Pt/c1-58(2,3)44-33-34-59-56(36-44)62-52-32-29-43(40-17-7-4-8-18-40)35-51(52)50-31-30-47(38-55(50)62)63-46-24-15-23-45(37-46)60-39-61(54-28-14-13-27-53(54)60)57-48(41-19-9-5-10-20-41)25-16-26-49(57)42-21-11-6-12-22-42;/h4-36,39H,1-3H3;/q-3;/i4D,7D,8D,17D,18D,33D,34D,36D;. The van der Waals surface area contributed by atoms with Gasteiger partial charge in [-0.05, 0) is 68.9 Å². The van der Waals surface area contributed by atoms with Crippen molar-refractivity contribution < 1.29 is 36.8 Å². The van der Waals surface area contributed by atoms with E-state index >= 15 is 0 Å². The van der Waals surface area contributed by atoms with Gasteiger partial charge in [-0.3, -0.25) is 0 Å². The van der Waals surface area contributed by atoms with Gasteiger partial charge in [0.25, 0.3) is 0 Å². The molecule has 10 aromatic rings. The number of ether oxygens (including phenoxy) is 1. The van der Waals surface area contributed by atoms with Crippen molar-refractivity contribution in [2.45, 2.75) is 26.2 Å². The van der Waals surface area contributed by atoms with Crippen LogP contribution in [0.5, 0.6) is 11.5 Å². The normalized spacial score (nSPS) is 14.1. The van der Waals surface area contributed by atoms with Crippen LogP contribution in [-0.4, -0.2) is 9.55 Å². The zero-order valence-electron chi connectivity index (χ0n) is 43.0. The molecule has 0 unspecified atom stereocenters. The van der Waals surface area contributed by atoms with E-state index in [2.05, 4.69) is 112 Å². The molecule has 0 fully saturated rings. The van der Waals surface area contributed by atoms with Crippen LogP contribution < -0.4 is 14.5 Å². The first-order valence-corrected chi connectivity index (χ1v) is 20.7. The largest absolute Gasteiger partial charge is 0.509 e. The second-order valence-electron chi connectivity index (χ2n) is 16.4. The predicted octanol–water partition coefficient (Wildman–Crippen LogP) is 15.3. The summed E-state index contributed by atoms with van der Waals surface area (Å²) in [6.07, 6.45) is -0.288. The molecule has 64 heavy (non-hydrogen) atoms. The van der Waals surface area contributed by atoms with Crippen molar-refractivity contribution in [2.75, 3.05) is 9.80 Å². The monoisotopic (exact) mass is 1010 g/mol. The molecule has 0 saturated heterocycles. The van der Waals surface area contributed by atoms with Crippen molar-refractivity contribution in [1.29, 1.82) is 0 Å². The number of aromatic nitrogens is 2. The minimum Gasteiger partial charge on any atom is -0.509 e. The maximum atomic E-state index is 9.48. The Labute approximate surface area is 400 Å². The molecule has 11 rings (SSSR count). The molecule has 0 bridgehead atoms. The molecule has 0 saturated carbocycles. The summed E-state index contributed by atoms with van der Waals surface area (Å²) in [5, 5.41) is 1.27. The maximum absolute atomic E-state index is 9.48. The van der Waals surface area contributed by atoms with E-state index < -0.39 is 23.5 Å². The summed E-state index contributed by atoms with van der Waals surface area (Å²) in [6.45, 7) is 7.77. The van der Waals surface area contributed by atoms with Gasteiger partial charge in [0.05, 0.1) is 11.0 Å². The summed E-state index contributed by atoms with van der Waals surface area (Å²) in [6, 6.07) is 54.7. The Morgan fingerprint density at radius 2 is 1.25 bits per heavy atom. The van der Waals surface area contributed by atoms with Crippen LogP contribution in [0.2, 0.25) is 0 Å². The third-order valence-electron chi connectivity index (χ3n) is 11.3. The fraction of sp³-hybridized carbons (Fsp3) is 0.0690. The van der Waals surface area contributed by atoms with Gasteiger partial charge in [-0.1, -0.05) is 160 Å². The second kappa shape index (κ2) is 16.8. The zero-order valence-corrected chi connectivity index (χ0v) is 37.3. The van der Waals surface area contributed by atoms with E-state index in [1.165, 1.54) is 0 Å². The minimum absolute atomic E-state index is 0. The van der Waals surface area contributed by atoms with Crippen molar-refractivity contribution in [2.24, 2.45) is 0 Å². The van der Waals surface area contributed by atoms with Crippen molar-refractivity contribution in [3.8, 4) is 50.7 Å². The van der Waals surface area contributed by atoms with E-state index in [1.54, 1.807) is 28.8 Å². The van der Waals surface area contributed by atoms with E-state index in [0.717, 1.165) is 45.0 Å². The van der Waals surface area contributed by atoms with E-state index in [0.29, 0.717) is 44.4 Å². The number of hydrogen-bond donors (Lipinski definition) is 0. The molecular weight excluding hydrogens is 964 g/mol. The molecule has 0 aliphatic carbocycles. The molecule has 0 spiro atoms. The van der Waals surface area contributed by atoms with Gasteiger partial charge >= 0.3 is 0 Å². The number of nitrogens with zero attached hydrogens (tertiary/aromatic N) is 4. The van der Waals surface area contributed by atoms with Gasteiger partial charge in [-0.15, -0.1) is 48.1 Å². The van der Waals surface area contributed by atoms with Crippen LogP contribution in [0.25, 0.3) is 61.0 Å². The summed E-state index contributed by atoms with van der Waals surface area (Å²) in [7, 11) is 0. The van der Waals surface area contributed by atoms with Gasteiger partial charge in [-0.2, -0.15) is 12.1 Å². The molecule has 3 heterocycles. The Morgan fingerprint density at radius 3 is 1.95 bits per heavy atom. The molecule has 0 N–H and O–H groups in total. The van der Waals surface area contributed by atoms with Crippen molar-refractivity contribution in [1.82, 2.24) is 9.55 Å². The van der Waals surface area contributed by atoms with Crippen LogP contribution in [-0.2, 0) is 26.5 Å². The predicted molar refractivity (Wildman–Crippen MR) is 259 cm³/mol. The molecule has 0 atom stereocenters.